The van der Waals surface area contributed by atoms with Gasteiger partial charge in [-0.15, -0.1) is 0 Å². The molecule has 0 aromatic heterocycles. The van der Waals surface area contributed by atoms with Crippen LogP contribution in [0, 0.1) is 0 Å². The van der Waals surface area contributed by atoms with E-state index in [1.807, 2.05) is 36.4 Å². The van der Waals surface area contributed by atoms with Crippen LogP contribution in [0.4, 0.5) is 10.5 Å². The number of hydrogen-bond acceptors (Lipinski definition) is 6. The summed E-state index contributed by atoms with van der Waals surface area (Å²) in [5, 5.41) is 5.59. The Morgan fingerprint density at radius 1 is 0.857 bits per heavy atom. The van der Waals surface area contributed by atoms with Crippen LogP contribution >= 0.6 is 0 Å². The van der Waals surface area contributed by atoms with Crippen LogP contribution in [0.5, 0.6) is 0 Å². The van der Waals surface area contributed by atoms with Gasteiger partial charge >= 0.3 is 12.0 Å². The standard InChI is InChI=1S/C25H23N3O6S/c29-23(27-25(31)26-17-20-10-5-2-6-11-20)18-34-24(30)21-12-7-13-22(16-21)28-35(32,33)15-14-19-8-3-1-4-9-19/h1-16,28H,17-18H2,(H2,26,27,29,31). The maximum absolute atomic E-state index is 12.3. The van der Waals surface area contributed by atoms with Crippen LogP contribution in [0.1, 0.15) is 21.5 Å². The van der Waals surface area contributed by atoms with Gasteiger partial charge in [-0.2, -0.15) is 0 Å². The maximum Gasteiger partial charge on any atom is 0.338 e. The number of esters is 1. The molecule has 0 aliphatic carbocycles. The minimum absolute atomic E-state index is 0.0265. The van der Waals surface area contributed by atoms with Gasteiger partial charge in [-0.05, 0) is 35.4 Å². The molecule has 0 heterocycles. The zero-order chi connectivity index (χ0) is 25.1. The van der Waals surface area contributed by atoms with Crippen molar-refractivity contribution in [3.05, 3.63) is 107 Å². The van der Waals surface area contributed by atoms with Crippen molar-refractivity contribution >= 4 is 39.7 Å². The van der Waals surface area contributed by atoms with E-state index >= 15 is 0 Å². The quantitative estimate of drug-likeness (QED) is 0.392. The molecule has 0 fully saturated rings. The molecule has 0 aliphatic rings. The number of amides is 3. The van der Waals surface area contributed by atoms with Gasteiger partial charge in [0.05, 0.1) is 11.0 Å². The lowest BCUT2D eigenvalue weighted by molar-refractivity contribution is -0.123. The molecule has 0 unspecified atom stereocenters. The predicted octanol–water partition coefficient (Wildman–Crippen LogP) is 3.28. The minimum atomic E-state index is -3.83. The molecule has 3 aromatic carbocycles. The molecule has 0 saturated carbocycles. The molecule has 35 heavy (non-hydrogen) atoms. The van der Waals surface area contributed by atoms with Gasteiger partial charge in [-0.1, -0.05) is 66.7 Å². The Hall–Kier alpha value is -4.44. The predicted molar refractivity (Wildman–Crippen MR) is 132 cm³/mol. The number of benzene rings is 3. The molecule has 0 radical (unpaired) electrons. The first-order valence-electron chi connectivity index (χ1n) is 10.5. The Morgan fingerprint density at radius 2 is 1.54 bits per heavy atom. The number of carbonyl (C=O) groups is 3. The molecule has 0 saturated heterocycles. The summed E-state index contributed by atoms with van der Waals surface area (Å²) in [4.78, 5) is 36.0. The third kappa shape index (κ3) is 8.78. The highest BCUT2D eigenvalue weighted by molar-refractivity contribution is 7.95. The molecule has 0 spiro atoms. The number of sulfonamides is 1. The SMILES string of the molecule is O=C(COC(=O)c1cccc(NS(=O)(=O)C=Cc2ccccc2)c1)NC(=O)NCc1ccccc1. The van der Waals surface area contributed by atoms with Crippen molar-refractivity contribution in [1.82, 2.24) is 10.6 Å². The summed E-state index contributed by atoms with van der Waals surface area (Å²) in [6, 6.07) is 22.9. The minimum Gasteiger partial charge on any atom is -0.452 e. The second-order valence-electron chi connectivity index (χ2n) is 7.23. The fourth-order valence-corrected chi connectivity index (χ4v) is 3.70. The summed E-state index contributed by atoms with van der Waals surface area (Å²) < 4.78 is 31.9. The smallest absolute Gasteiger partial charge is 0.338 e. The molecule has 0 bridgehead atoms. The highest BCUT2D eigenvalue weighted by atomic mass is 32.2. The van der Waals surface area contributed by atoms with Gasteiger partial charge in [0.2, 0.25) is 0 Å². The van der Waals surface area contributed by atoms with E-state index in [9.17, 15) is 22.8 Å². The summed E-state index contributed by atoms with van der Waals surface area (Å²) in [6.45, 7) is -0.462. The average molecular weight is 494 g/mol. The second kappa shape index (κ2) is 12.1. The fraction of sp³-hybridized carbons (Fsp3) is 0.0800. The normalized spacial score (nSPS) is 11.0. The van der Waals surface area contributed by atoms with Crippen LogP contribution in [-0.2, 0) is 26.1 Å². The monoisotopic (exact) mass is 493 g/mol. The van der Waals surface area contributed by atoms with Crippen molar-refractivity contribution in [3.63, 3.8) is 0 Å². The summed E-state index contributed by atoms with van der Waals surface area (Å²) in [5.41, 5.74) is 1.73. The van der Waals surface area contributed by atoms with Crippen LogP contribution in [0.25, 0.3) is 6.08 Å². The topological polar surface area (TPSA) is 131 Å². The molecule has 9 nitrogen and oxygen atoms in total. The van der Waals surface area contributed by atoms with Crippen LogP contribution in [0.15, 0.2) is 90.3 Å². The van der Waals surface area contributed by atoms with Crippen molar-refractivity contribution in [2.45, 2.75) is 6.54 Å². The van der Waals surface area contributed by atoms with Crippen LogP contribution in [0.3, 0.4) is 0 Å². The fourth-order valence-electron chi connectivity index (χ4n) is 2.84. The van der Waals surface area contributed by atoms with Gasteiger partial charge in [0.25, 0.3) is 15.9 Å². The summed E-state index contributed by atoms with van der Waals surface area (Å²) in [6.07, 6.45) is 1.44. The summed E-state index contributed by atoms with van der Waals surface area (Å²) in [7, 11) is -3.83. The average Bonchev–Trinajstić information content (AvgIpc) is 2.86. The number of ether oxygens (including phenoxy) is 1. The van der Waals surface area contributed by atoms with E-state index in [1.165, 1.54) is 30.3 Å². The van der Waals surface area contributed by atoms with E-state index in [0.717, 1.165) is 11.0 Å². The van der Waals surface area contributed by atoms with E-state index in [2.05, 4.69) is 15.4 Å². The van der Waals surface area contributed by atoms with Crippen molar-refractivity contribution in [2.24, 2.45) is 0 Å². The lowest BCUT2D eigenvalue weighted by atomic mass is 10.2. The second-order valence-corrected chi connectivity index (χ2v) is 8.80. The van der Waals surface area contributed by atoms with Crippen LogP contribution in [0.2, 0.25) is 0 Å². The van der Waals surface area contributed by atoms with Gasteiger partial charge in [-0.3, -0.25) is 14.8 Å². The molecule has 3 aromatic rings. The van der Waals surface area contributed by atoms with Gasteiger partial charge in [0.1, 0.15) is 0 Å². The Kier molecular flexibility index (Phi) is 8.74. The van der Waals surface area contributed by atoms with E-state index in [4.69, 9.17) is 4.74 Å². The lowest BCUT2D eigenvalue weighted by Crippen LogP contribution is -2.41. The Bertz CT molecular complexity index is 1310. The van der Waals surface area contributed by atoms with Gasteiger partial charge in [-0.25, -0.2) is 18.0 Å². The van der Waals surface area contributed by atoms with Gasteiger partial charge in [0, 0.05) is 12.2 Å². The molecule has 10 heteroatoms. The number of nitrogens with one attached hydrogen (secondary N) is 3. The lowest BCUT2D eigenvalue weighted by Gasteiger charge is -2.09. The molecule has 180 valence electrons. The van der Waals surface area contributed by atoms with Gasteiger partial charge < -0.3 is 10.1 Å². The third-order valence-electron chi connectivity index (χ3n) is 4.48. The van der Waals surface area contributed by atoms with E-state index in [0.29, 0.717) is 5.56 Å². The van der Waals surface area contributed by atoms with Crippen molar-refractivity contribution in [1.29, 1.82) is 0 Å². The molecule has 3 N–H and O–H groups in total. The summed E-state index contributed by atoms with van der Waals surface area (Å²) in [5.74, 6) is -1.67. The van der Waals surface area contributed by atoms with Crippen LogP contribution < -0.4 is 15.4 Å². The van der Waals surface area contributed by atoms with Gasteiger partial charge in [0.15, 0.2) is 6.61 Å². The number of carbonyl (C=O) groups excluding carboxylic acids is 3. The molecular weight excluding hydrogens is 470 g/mol. The van der Waals surface area contributed by atoms with Crippen molar-refractivity contribution in [3.8, 4) is 0 Å². The number of imide groups is 1. The third-order valence-corrected chi connectivity index (χ3v) is 5.50. The molecule has 3 amide bonds. The molecule has 0 aliphatic heterocycles. The Balaban J connectivity index is 1.48. The first-order chi connectivity index (χ1) is 16.8. The number of hydrogen-bond donors (Lipinski definition) is 3. The van der Waals surface area contributed by atoms with Crippen molar-refractivity contribution < 1.29 is 27.5 Å². The molecular formula is C25H23N3O6S. The van der Waals surface area contributed by atoms with Crippen LogP contribution in [-0.4, -0.2) is 32.9 Å². The van der Waals surface area contributed by atoms with E-state index < -0.39 is 34.5 Å². The first kappa shape index (κ1) is 25.2. The van der Waals surface area contributed by atoms with E-state index in [1.54, 1.807) is 24.3 Å². The zero-order valence-corrected chi connectivity index (χ0v) is 19.3. The van der Waals surface area contributed by atoms with Crippen molar-refractivity contribution in [2.75, 3.05) is 11.3 Å². The Morgan fingerprint density at radius 3 is 2.26 bits per heavy atom. The number of anilines is 1. The largest absolute Gasteiger partial charge is 0.452 e. The maximum atomic E-state index is 12.3. The highest BCUT2D eigenvalue weighted by Crippen LogP contribution is 2.14. The Labute approximate surface area is 202 Å². The zero-order valence-electron chi connectivity index (χ0n) is 18.5. The first-order valence-corrected chi connectivity index (χ1v) is 12.0. The number of urea groups is 1. The molecule has 3 rings (SSSR count). The van der Waals surface area contributed by atoms with E-state index in [-0.39, 0.29) is 17.8 Å². The summed E-state index contributed by atoms with van der Waals surface area (Å²) >= 11 is 0. The molecule has 0 atom stereocenters. The number of rotatable bonds is 9. The highest BCUT2D eigenvalue weighted by Gasteiger charge is 2.14.